The quantitative estimate of drug-likeness (QED) is 0.449. The van der Waals surface area contributed by atoms with Gasteiger partial charge in [-0.1, -0.05) is 24.3 Å². The van der Waals surface area contributed by atoms with E-state index in [1.165, 1.54) is 30.3 Å². The minimum atomic E-state index is -4.81. The van der Waals surface area contributed by atoms with Crippen LogP contribution in [0.4, 0.5) is 29.3 Å². The number of halogens is 4. The van der Waals surface area contributed by atoms with Crippen molar-refractivity contribution in [1.29, 1.82) is 0 Å². The molecule has 0 saturated carbocycles. The molecule has 10 heteroatoms. The van der Waals surface area contributed by atoms with Crippen molar-refractivity contribution in [3.8, 4) is 17.0 Å². The Labute approximate surface area is 175 Å². The van der Waals surface area contributed by atoms with Crippen LogP contribution in [-0.2, 0) is 6.54 Å². The van der Waals surface area contributed by atoms with Crippen LogP contribution in [0.2, 0.25) is 0 Å². The number of ether oxygens (including phenoxy) is 1. The molecule has 0 aliphatic carbocycles. The molecule has 3 N–H and O–H groups in total. The average molecular weight is 436 g/mol. The molecule has 1 atom stereocenters. The van der Waals surface area contributed by atoms with Crippen LogP contribution in [0.15, 0.2) is 54.6 Å². The number of aromatic nitrogens is 2. The van der Waals surface area contributed by atoms with Gasteiger partial charge in [-0.2, -0.15) is 4.98 Å². The first kappa shape index (κ1) is 22.3. The first-order valence-corrected chi connectivity index (χ1v) is 9.33. The van der Waals surface area contributed by atoms with Gasteiger partial charge in [-0.15, -0.1) is 13.2 Å². The third-order valence-electron chi connectivity index (χ3n) is 4.13. The zero-order valence-corrected chi connectivity index (χ0v) is 16.4. The number of anilines is 2. The molecule has 0 unspecified atom stereocenters. The second kappa shape index (κ2) is 9.61. The maximum atomic E-state index is 13.1. The van der Waals surface area contributed by atoms with Crippen LogP contribution in [0.5, 0.6) is 5.75 Å². The maximum absolute atomic E-state index is 13.1. The summed E-state index contributed by atoms with van der Waals surface area (Å²) in [6, 6.07) is 12.6. The number of aliphatic hydroxyl groups is 1. The van der Waals surface area contributed by atoms with E-state index in [2.05, 4.69) is 25.3 Å². The topological polar surface area (TPSA) is 79.3 Å². The summed E-state index contributed by atoms with van der Waals surface area (Å²) in [5.74, 6) is -0.145. The Morgan fingerprint density at radius 2 is 1.81 bits per heavy atom. The molecule has 164 valence electrons. The molecule has 3 aromatic rings. The largest absolute Gasteiger partial charge is 0.573 e. The standard InChI is InChI=1S/C21H20F4N4O2/c1-13(12-30)27-20-28-18(15-3-2-4-17(9-15)31-21(23,24)25)10-19(29-20)26-11-14-5-7-16(22)8-6-14/h2-10,13,30H,11-12H2,1H3,(H2,26,27,28,29)/t13-/m1/s1. The number of hydrogen-bond donors (Lipinski definition) is 3. The second-order valence-electron chi connectivity index (χ2n) is 6.75. The molecular weight excluding hydrogens is 416 g/mol. The number of rotatable bonds is 8. The molecule has 0 fully saturated rings. The van der Waals surface area contributed by atoms with Crippen LogP contribution < -0.4 is 15.4 Å². The van der Waals surface area contributed by atoms with E-state index >= 15 is 0 Å². The van der Waals surface area contributed by atoms with Gasteiger partial charge in [-0.25, -0.2) is 9.37 Å². The van der Waals surface area contributed by atoms with Gasteiger partial charge in [0.25, 0.3) is 0 Å². The summed E-state index contributed by atoms with van der Waals surface area (Å²) in [7, 11) is 0. The number of benzene rings is 2. The van der Waals surface area contributed by atoms with E-state index in [0.717, 1.165) is 5.56 Å². The van der Waals surface area contributed by atoms with Crippen molar-refractivity contribution in [3.63, 3.8) is 0 Å². The van der Waals surface area contributed by atoms with E-state index < -0.39 is 6.36 Å². The van der Waals surface area contributed by atoms with Crippen LogP contribution in [0.25, 0.3) is 11.3 Å². The van der Waals surface area contributed by atoms with Crippen LogP contribution in [0.1, 0.15) is 12.5 Å². The molecule has 0 spiro atoms. The second-order valence-corrected chi connectivity index (χ2v) is 6.75. The fourth-order valence-corrected chi connectivity index (χ4v) is 2.66. The summed E-state index contributed by atoms with van der Waals surface area (Å²) in [6.07, 6.45) is -4.81. The molecule has 0 amide bonds. The fraction of sp³-hybridized carbons (Fsp3) is 0.238. The monoisotopic (exact) mass is 436 g/mol. The number of hydrogen-bond acceptors (Lipinski definition) is 6. The summed E-state index contributed by atoms with van der Waals surface area (Å²) in [5.41, 5.74) is 1.53. The number of aliphatic hydroxyl groups excluding tert-OH is 1. The molecule has 0 saturated heterocycles. The Balaban J connectivity index is 1.89. The predicted molar refractivity (Wildman–Crippen MR) is 108 cm³/mol. The Morgan fingerprint density at radius 1 is 1.06 bits per heavy atom. The first-order valence-electron chi connectivity index (χ1n) is 9.33. The lowest BCUT2D eigenvalue weighted by molar-refractivity contribution is -0.274. The molecule has 0 radical (unpaired) electrons. The smallest absolute Gasteiger partial charge is 0.406 e. The number of alkyl halides is 3. The van der Waals surface area contributed by atoms with Gasteiger partial charge in [0.2, 0.25) is 5.95 Å². The summed E-state index contributed by atoms with van der Waals surface area (Å²) in [5, 5.41) is 15.3. The van der Waals surface area contributed by atoms with Crippen molar-refractivity contribution in [2.24, 2.45) is 0 Å². The third-order valence-corrected chi connectivity index (χ3v) is 4.13. The van der Waals surface area contributed by atoms with Gasteiger partial charge in [0, 0.05) is 24.2 Å². The summed E-state index contributed by atoms with van der Waals surface area (Å²) in [4.78, 5) is 8.67. The van der Waals surface area contributed by atoms with Crippen molar-refractivity contribution >= 4 is 11.8 Å². The van der Waals surface area contributed by atoms with Gasteiger partial charge >= 0.3 is 6.36 Å². The number of nitrogens with one attached hydrogen (secondary N) is 2. The van der Waals surface area contributed by atoms with E-state index in [9.17, 15) is 22.7 Å². The van der Waals surface area contributed by atoms with Gasteiger partial charge in [-0.05, 0) is 36.8 Å². The molecule has 3 rings (SSSR count). The van der Waals surface area contributed by atoms with Gasteiger partial charge in [0.15, 0.2) is 0 Å². The summed E-state index contributed by atoms with van der Waals surface area (Å²) < 4.78 is 54.7. The lowest BCUT2D eigenvalue weighted by atomic mass is 10.1. The number of nitrogens with zero attached hydrogens (tertiary/aromatic N) is 2. The lowest BCUT2D eigenvalue weighted by Crippen LogP contribution is -2.21. The van der Waals surface area contributed by atoms with E-state index in [1.807, 2.05) is 0 Å². The van der Waals surface area contributed by atoms with Gasteiger partial charge < -0.3 is 20.5 Å². The van der Waals surface area contributed by atoms with Crippen molar-refractivity contribution < 1.29 is 27.4 Å². The minimum absolute atomic E-state index is 0.166. The highest BCUT2D eigenvalue weighted by Crippen LogP contribution is 2.28. The Bertz CT molecular complexity index is 1010. The molecular formula is C21H20F4N4O2. The van der Waals surface area contributed by atoms with Crippen molar-refractivity contribution in [2.45, 2.75) is 25.9 Å². The van der Waals surface area contributed by atoms with E-state index in [-0.39, 0.29) is 30.2 Å². The van der Waals surface area contributed by atoms with Crippen LogP contribution in [0, 0.1) is 5.82 Å². The molecule has 0 aliphatic heterocycles. The highest BCUT2D eigenvalue weighted by molar-refractivity contribution is 5.66. The highest BCUT2D eigenvalue weighted by atomic mass is 19.4. The Hall–Kier alpha value is -3.40. The maximum Gasteiger partial charge on any atom is 0.573 e. The normalized spacial score (nSPS) is 12.3. The van der Waals surface area contributed by atoms with Crippen LogP contribution in [0.3, 0.4) is 0 Å². The molecule has 2 aromatic carbocycles. The van der Waals surface area contributed by atoms with Gasteiger partial charge in [-0.3, -0.25) is 0 Å². The Kier molecular flexibility index (Phi) is 6.91. The SMILES string of the molecule is C[C@H](CO)Nc1nc(NCc2ccc(F)cc2)cc(-c2cccc(OC(F)(F)F)c2)n1. The molecule has 1 heterocycles. The predicted octanol–water partition coefficient (Wildman–Crippen LogP) is 4.59. The molecule has 31 heavy (non-hydrogen) atoms. The minimum Gasteiger partial charge on any atom is -0.406 e. The molecule has 1 aromatic heterocycles. The van der Waals surface area contributed by atoms with E-state index in [0.29, 0.717) is 23.6 Å². The zero-order valence-electron chi connectivity index (χ0n) is 16.4. The average Bonchev–Trinajstić information content (AvgIpc) is 2.72. The highest BCUT2D eigenvalue weighted by Gasteiger charge is 2.31. The van der Waals surface area contributed by atoms with Gasteiger partial charge in [0.05, 0.1) is 12.3 Å². The molecule has 0 bridgehead atoms. The Morgan fingerprint density at radius 3 is 2.48 bits per heavy atom. The summed E-state index contributed by atoms with van der Waals surface area (Å²) in [6.45, 7) is 1.89. The molecule has 0 aliphatic rings. The third kappa shape index (κ3) is 6.82. The van der Waals surface area contributed by atoms with E-state index in [1.54, 1.807) is 31.2 Å². The fourth-order valence-electron chi connectivity index (χ4n) is 2.66. The van der Waals surface area contributed by atoms with Crippen molar-refractivity contribution in [2.75, 3.05) is 17.2 Å². The van der Waals surface area contributed by atoms with Crippen LogP contribution >= 0.6 is 0 Å². The van der Waals surface area contributed by atoms with Gasteiger partial charge in [0.1, 0.15) is 17.4 Å². The van der Waals surface area contributed by atoms with Crippen molar-refractivity contribution in [3.05, 3.63) is 66.0 Å². The first-order chi connectivity index (χ1) is 14.7. The lowest BCUT2D eigenvalue weighted by Gasteiger charge is -2.15. The zero-order chi connectivity index (χ0) is 22.4. The molecule has 6 nitrogen and oxygen atoms in total. The van der Waals surface area contributed by atoms with Crippen molar-refractivity contribution in [1.82, 2.24) is 9.97 Å². The van der Waals surface area contributed by atoms with Crippen LogP contribution in [-0.4, -0.2) is 34.1 Å². The summed E-state index contributed by atoms with van der Waals surface area (Å²) >= 11 is 0. The van der Waals surface area contributed by atoms with E-state index in [4.69, 9.17) is 0 Å².